The third-order valence-electron chi connectivity index (χ3n) is 3.94. The summed E-state index contributed by atoms with van der Waals surface area (Å²) in [5, 5.41) is 3.08. The molecule has 0 heterocycles. The largest absolute Gasteiger partial charge is 0.392 e. The van der Waals surface area contributed by atoms with Crippen LogP contribution in [0.4, 0.5) is 0 Å². The molecule has 0 spiro atoms. The van der Waals surface area contributed by atoms with E-state index in [1.54, 1.807) is 13.8 Å². The van der Waals surface area contributed by atoms with Crippen molar-refractivity contribution < 1.29 is 4.79 Å². The predicted molar refractivity (Wildman–Crippen MR) is 74.7 cm³/mol. The molecule has 1 amide bonds. The van der Waals surface area contributed by atoms with Gasteiger partial charge in [0.25, 0.3) is 0 Å². The van der Waals surface area contributed by atoms with E-state index >= 15 is 0 Å². The van der Waals surface area contributed by atoms with Crippen LogP contribution in [0.5, 0.6) is 0 Å². The summed E-state index contributed by atoms with van der Waals surface area (Å²) in [7, 11) is 0. The van der Waals surface area contributed by atoms with Crippen LogP contribution in [-0.4, -0.2) is 16.9 Å². The monoisotopic (exact) mass is 256 g/mol. The van der Waals surface area contributed by atoms with E-state index in [4.69, 9.17) is 18.0 Å². The Morgan fingerprint density at radius 3 is 2.29 bits per heavy atom. The highest BCUT2D eigenvalue weighted by Crippen LogP contribution is 2.27. The molecule has 17 heavy (non-hydrogen) atoms. The fourth-order valence-corrected chi connectivity index (χ4v) is 2.29. The second-order valence-corrected chi connectivity index (χ2v) is 6.03. The molecule has 3 N–H and O–H groups in total. The molecule has 0 aliphatic heterocycles. The van der Waals surface area contributed by atoms with E-state index in [-0.39, 0.29) is 10.9 Å². The first-order chi connectivity index (χ1) is 7.87. The Kier molecular flexibility index (Phi) is 4.92. The van der Waals surface area contributed by atoms with Crippen LogP contribution in [0.3, 0.4) is 0 Å². The standard InChI is InChI=1S/C13H24N2OS/c1-4-9-5-7-10(8-6-9)15-12(16)13(2,3)11(14)17/h9-10H,4-8H2,1-3H3,(H2,14,17)(H,15,16). The number of carbonyl (C=O) groups excluding carboxylic acids is 1. The maximum Gasteiger partial charge on any atom is 0.232 e. The molecule has 98 valence electrons. The van der Waals surface area contributed by atoms with Gasteiger partial charge in [-0.1, -0.05) is 25.6 Å². The quantitative estimate of drug-likeness (QED) is 0.759. The minimum absolute atomic E-state index is 0.0371. The summed E-state index contributed by atoms with van der Waals surface area (Å²) in [6.07, 6.45) is 5.85. The molecule has 3 nitrogen and oxygen atoms in total. The SMILES string of the molecule is CCC1CCC(NC(=O)C(C)(C)C(N)=S)CC1. The second kappa shape index (κ2) is 5.80. The number of nitrogens with two attached hydrogens (primary N) is 1. The topological polar surface area (TPSA) is 55.1 Å². The Labute approximate surface area is 110 Å². The van der Waals surface area contributed by atoms with Gasteiger partial charge in [0.15, 0.2) is 0 Å². The van der Waals surface area contributed by atoms with Gasteiger partial charge < -0.3 is 11.1 Å². The Bertz CT molecular complexity index is 294. The van der Waals surface area contributed by atoms with Crippen LogP contribution in [0.2, 0.25) is 0 Å². The van der Waals surface area contributed by atoms with Gasteiger partial charge in [0.2, 0.25) is 5.91 Å². The average Bonchev–Trinajstić information content (AvgIpc) is 2.29. The van der Waals surface area contributed by atoms with Crippen LogP contribution in [0.25, 0.3) is 0 Å². The van der Waals surface area contributed by atoms with Gasteiger partial charge in [-0.15, -0.1) is 0 Å². The molecule has 0 aromatic carbocycles. The third-order valence-corrected chi connectivity index (χ3v) is 4.45. The van der Waals surface area contributed by atoms with E-state index in [9.17, 15) is 4.79 Å². The first-order valence-corrected chi connectivity index (χ1v) is 6.89. The molecule has 0 atom stereocenters. The third kappa shape index (κ3) is 3.66. The molecule has 1 saturated carbocycles. The van der Waals surface area contributed by atoms with Crippen molar-refractivity contribution in [1.82, 2.24) is 5.32 Å². The maximum atomic E-state index is 12.0. The molecular formula is C13H24N2OS. The number of amides is 1. The second-order valence-electron chi connectivity index (χ2n) is 5.59. The highest BCUT2D eigenvalue weighted by molar-refractivity contribution is 7.80. The Morgan fingerprint density at radius 2 is 1.88 bits per heavy atom. The first-order valence-electron chi connectivity index (χ1n) is 6.48. The Hall–Kier alpha value is -0.640. The normalized spacial score (nSPS) is 25.4. The molecule has 1 aliphatic carbocycles. The maximum absolute atomic E-state index is 12.0. The van der Waals surface area contributed by atoms with Crippen molar-refractivity contribution in [3.8, 4) is 0 Å². The summed E-state index contributed by atoms with van der Waals surface area (Å²) in [5.74, 6) is 0.802. The number of nitrogens with one attached hydrogen (secondary N) is 1. The molecule has 1 fully saturated rings. The number of hydrogen-bond acceptors (Lipinski definition) is 2. The summed E-state index contributed by atoms with van der Waals surface area (Å²) in [4.78, 5) is 12.3. The van der Waals surface area contributed by atoms with Crippen LogP contribution in [0.15, 0.2) is 0 Å². The zero-order chi connectivity index (χ0) is 13.1. The molecule has 0 unspecified atom stereocenters. The molecule has 0 aromatic heterocycles. The highest BCUT2D eigenvalue weighted by Gasteiger charge is 2.33. The van der Waals surface area contributed by atoms with Gasteiger partial charge >= 0.3 is 0 Å². The van der Waals surface area contributed by atoms with Crippen LogP contribution in [-0.2, 0) is 4.79 Å². The van der Waals surface area contributed by atoms with Crippen molar-refractivity contribution in [1.29, 1.82) is 0 Å². The van der Waals surface area contributed by atoms with E-state index in [1.807, 2.05) is 0 Å². The summed E-state index contributed by atoms with van der Waals surface area (Å²) in [5.41, 5.74) is 4.85. The zero-order valence-electron chi connectivity index (χ0n) is 11.1. The van der Waals surface area contributed by atoms with Gasteiger partial charge in [-0.05, 0) is 45.4 Å². The minimum atomic E-state index is -0.739. The summed E-state index contributed by atoms with van der Waals surface area (Å²) >= 11 is 4.93. The van der Waals surface area contributed by atoms with Crippen molar-refractivity contribution in [2.75, 3.05) is 0 Å². The van der Waals surface area contributed by atoms with Gasteiger partial charge in [-0.25, -0.2) is 0 Å². The molecule has 1 rings (SSSR count). The smallest absolute Gasteiger partial charge is 0.232 e. The fraction of sp³-hybridized carbons (Fsp3) is 0.846. The van der Waals surface area contributed by atoms with E-state index in [2.05, 4.69) is 12.2 Å². The van der Waals surface area contributed by atoms with Crippen molar-refractivity contribution in [3.05, 3.63) is 0 Å². The lowest BCUT2D eigenvalue weighted by atomic mass is 9.83. The van der Waals surface area contributed by atoms with Gasteiger partial charge in [-0.3, -0.25) is 4.79 Å². The van der Waals surface area contributed by atoms with E-state index in [0.29, 0.717) is 6.04 Å². The zero-order valence-corrected chi connectivity index (χ0v) is 11.9. The van der Waals surface area contributed by atoms with Crippen LogP contribution in [0.1, 0.15) is 52.9 Å². The van der Waals surface area contributed by atoms with Crippen LogP contribution < -0.4 is 11.1 Å². The predicted octanol–water partition coefficient (Wildman–Crippen LogP) is 2.38. The fourth-order valence-electron chi connectivity index (χ4n) is 2.19. The molecule has 1 aliphatic rings. The number of thiocarbonyl (C=S) groups is 1. The van der Waals surface area contributed by atoms with Crippen LogP contribution in [0, 0.1) is 11.3 Å². The first kappa shape index (κ1) is 14.4. The van der Waals surface area contributed by atoms with Crippen molar-refractivity contribution in [2.24, 2.45) is 17.1 Å². The molecule has 4 heteroatoms. The highest BCUT2D eigenvalue weighted by atomic mass is 32.1. The Balaban J connectivity index is 2.46. The van der Waals surface area contributed by atoms with Gasteiger partial charge in [0.1, 0.15) is 0 Å². The van der Waals surface area contributed by atoms with Gasteiger partial charge in [0.05, 0.1) is 10.4 Å². The lowest BCUT2D eigenvalue weighted by Gasteiger charge is -2.31. The van der Waals surface area contributed by atoms with E-state index < -0.39 is 5.41 Å². The lowest BCUT2D eigenvalue weighted by molar-refractivity contribution is -0.127. The minimum Gasteiger partial charge on any atom is -0.392 e. The van der Waals surface area contributed by atoms with Gasteiger partial charge in [-0.2, -0.15) is 0 Å². The summed E-state index contributed by atoms with van der Waals surface area (Å²) in [6, 6.07) is 0.305. The summed E-state index contributed by atoms with van der Waals surface area (Å²) < 4.78 is 0. The lowest BCUT2D eigenvalue weighted by Crippen LogP contribution is -2.49. The molecular weight excluding hydrogens is 232 g/mol. The van der Waals surface area contributed by atoms with Crippen molar-refractivity contribution in [2.45, 2.75) is 58.9 Å². The molecule has 0 aromatic rings. The average molecular weight is 256 g/mol. The number of hydrogen-bond donors (Lipinski definition) is 2. The molecule has 0 saturated heterocycles. The summed E-state index contributed by atoms with van der Waals surface area (Å²) in [6.45, 7) is 5.80. The van der Waals surface area contributed by atoms with E-state index in [1.165, 1.54) is 19.3 Å². The number of rotatable bonds is 4. The van der Waals surface area contributed by atoms with Crippen molar-refractivity contribution in [3.63, 3.8) is 0 Å². The van der Waals surface area contributed by atoms with Crippen LogP contribution >= 0.6 is 12.2 Å². The van der Waals surface area contributed by atoms with Gasteiger partial charge in [0, 0.05) is 6.04 Å². The Morgan fingerprint density at radius 1 is 1.35 bits per heavy atom. The molecule has 0 bridgehead atoms. The number of carbonyl (C=O) groups is 1. The van der Waals surface area contributed by atoms with E-state index in [0.717, 1.165) is 18.8 Å². The molecule has 0 radical (unpaired) electrons. The van der Waals surface area contributed by atoms with Crippen molar-refractivity contribution >= 4 is 23.1 Å².